The number of rotatable bonds is 7. The quantitative estimate of drug-likeness (QED) is 0.524. The third kappa shape index (κ3) is 5.06. The molecule has 164 valence electrons. The zero-order valence-corrected chi connectivity index (χ0v) is 19.4. The van der Waals surface area contributed by atoms with Gasteiger partial charge in [-0.15, -0.1) is 10.2 Å². The molecule has 0 aliphatic carbocycles. The van der Waals surface area contributed by atoms with Gasteiger partial charge in [0.05, 0.1) is 29.8 Å². The van der Waals surface area contributed by atoms with Gasteiger partial charge in [-0.1, -0.05) is 29.0 Å². The number of sulfonamides is 1. The van der Waals surface area contributed by atoms with E-state index in [1.807, 2.05) is 0 Å². The summed E-state index contributed by atoms with van der Waals surface area (Å²) in [7, 11) is -1.24. The van der Waals surface area contributed by atoms with E-state index in [0.717, 1.165) is 0 Å². The predicted octanol–water partition coefficient (Wildman–Crippen LogP) is 3.88. The molecule has 0 aliphatic heterocycles. The Bertz CT molecular complexity index is 1240. The average Bonchev–Trinajstić information content (AvgIpc) is 3.12. The molecule has 0 bridgehead atoms. The number of aromatic nitrogens is 2. The van der Waals surface area contributed by atoms with E-state index in [1.165, 1.54) is 49.8 Å². The minimum absolute atomic E-state index is 0.0670. The Labute approximate surface area is 188 Å². The molecule has 0 unspecified atom stereocenters. The molecule has 0 aliphatic rings. The summed E-state index contributed by atoms with van der Waals surface area (Å²) in [5, 5.41) is 11.5. The SMILES string of the molecule is COc1cc(OC)c(NS(=O)(=O)c2cc(C(=O)Nc3nnc(C)s3)ccc2C)cc1Cl. The van der Waals surface area contributed by atoms with Crippen LogP contribution in [0.4, 0.5) is 10.8 Å². The number of methoxy groups -OCH3 is 2. The maximum absolute atomic E-state index is 13.1. The van der Waals surface area contributed by atoms with Crippen LogP contribution in [0.1, 0.15) is 20.9 Å². The third-order valence-corrected chi connectivity index (χ3v) is 6.76. The zero-order valence-electron chi connectivity index (χ0n) is 17.0. The topological polar surface area (TPSA) is 120 Å². The smallest absolute Gasteiger partial charge is 0.262 e. The molecule has 0 saturated heterocycles. The normalized spacial score (nSPS) is 11.1. The molecule has 2 aromatic carbocycles. The van der Waals surface area contributed by atoms with Crippen molar-refractivity contribution < 1.29 is 22.7 Å². The lowest BCUT2D eigenvalue weighted by Gasteiger charge is -2.15. The first-order valence-corrected chi connectivity index (χ1v) is 11.5. The van der Waals surface area contributed by atoms with Gasteiger partial charge in [0.15, 0.2) is 0 Å². The summed E-state index contributed by atoms with van der Waals surface area (Å²) in [6.45, 7) is 3.39. The number of aryl methyl sites for hydroxylation is 2. The molecule has 12 heteroatoms. The van der Waals surface area contributed by atoms with Gasteiger partial charge in [-0.25, -0.2) is 8.42 Å². The maximum atomic E-state index is 13.1. The van der Waals surface area contributed by atoms with E-state index in [2.05, 4.69) is 20.2 Å². The van der Waals surface area contributed by atoms with Crippen molar-refractivity contribution in [2.45, 2.75) is 18.7 Å². The number of anilines is 2. The van der Waals surface area contributed by atoms with E-state index in [4.69, 9.17) is 21.1 Å². The molecular formula is C19H19ClN4O5S2. The lowest BCUT2D eigenvalue weighted by molar-refractivity contribution is 0.102. The lowest BCUT2D eigenvalue weighted by Crippen LogP contribution is -2.17. The van der Waals surface area contributed by atoms with Gasteiger partial charge < -0.3 is 9.47 Å². The van der Waals surface area contributed by atoms with Crippen molar-refractivity contribution in [2.75, 3.05) is 24.3 Å². The molecule has 0 radical (unpaired) electrons. The summed E-state index contributed by atoms with van der Waals surface area (Å²) >= 11 is 7.34. The van der Waals surface area contributed by atoms with Gasteiger partial charge in [-0.05, 0) is 37.6 Å². The van der Waals surface area contributed by atoms with Crippen molar-refractivity contribution in [2.24, 2.45) is 0 Å². The highest BCUT2D eigenvalue weighted by Gasteiger charge is 2.22. The number of benzene rings is 2. The Morgan fingerprint density at radius 1 is 1.06 bits per heavy atom. The second-order valence-electron chi connectivity index (χ2n) is 6.35. The van der Waals surface area contributed by atoms with Crippen LogP contribution >= 0.6 is 22.9 Å². The van der Waals surface area contributed by atoms with E-state index in [9.17, 15) is 13.2 Å². The fourth-order valence-corrected chi connectivity index (χ4v) is 4.85. The number of ether oxygens (including phenoxy) is 2. The zero-order chi connectivity index (χ0) is 22.8. The van der Waals surface area contributed by atoms with Gasteiger partial charge in [-0.2, -0.15) is 0 Å². The molecule has 1 heterocycles. The maximum Gasteiger partial charge on any atom is 0.262 e. The number of hydrogen-bond donors (Lipinski definition) is 2. The van der Waals surface area contributed by atoms with Gasteiger partial charge in [0, 0.05) is 11.6 Å². The van der Waals surface area contributed by atoms with Crippen LogP contribution in [0, 0.1) is 13.8 Å². The second kappa shape index (κ2) is 9.08. The Morgan fingerprint density at radius 3 is 2.39 bits per heavy atom. The Balaban J connectivity index is 1.93. The van der Waals surface area contributed by atoms with Crippen molar-refractivity contribution in [3.8, 4) is 11.5 Å². The first kappa shape index (κ1) is 22.8. The molecule has 2 N–H and O–H groups in total. The molecule has 31 heavy (non-hydrogen) atoms. The minimum atomic E-state index is -4.07. The standard InChI is InChI=1S/C19H19ClN4O5S2/c1-10-5-6-12(18(25)21-19-23-22-11(2)30-19)7-17(10)31(26,27)24-14-8-13(20)15(28-3)9-16(14)29-4/h5-9,24H,1-4H3,(H,21,23,25). The van der Waals surface area contributed by atoms with Crippen LogP contribution in [0.5, 0.6) is 11.5 Å². The predicted molar refractivity (Wildman–Crippen MR) is 119 cm³/mol. The van der Waals surface area contributed by atoms with Gasteiger partial charge in [0.1, 0.15) is 16.5 Å². The highest BCUT2D eigenvalue weighted by Crippen LogP contribution is 2.37. The Hall–Kier alpha value is -2.89. The van der Waals surface area contributed by atoms with Crippen LogP contribution in [0.15, 0.2) is 35.2 Å². The summed E-state index contributed by atoms with van der Waals surface area (Å²) in [4.78, 5) is 12.5. The van der Waals surface area contributed by atoms with Crippen LogP contribution in [0.2, 0.25) is 5.02 Å². The first-order chi connectivity index (χ1) is 14.6. The summed E-state index contributed by atoms with van der Waals surface area (Å²) < 4.78 is 39.0. The van der Waals surface area contributed by atoms with Crippen molar-refractivity contribution in [3.63, 3.8) is 0 Å². The molecule has 0 spiro atoms. The van der Waals surface area contributed by atoms with Gasteiger partial charge in [0.2, 0.25) is 5.13 Å². The van der Waals surface area contributed by atoms with Crippen LogP contribution in [0.25, 0.3) is 0 Å². The monoisotopic (exact) mass is 482 g/mol. The minimum Gasteiger partial charge on any atom is -0.495 e. The van der Waals surface area contributed by atoms with E-state index in [0.29, 0.717) is 21.5 Å². The Kier molecular flexibility index (Phi) is 6.68. The summed E-state index contributed by atoms with van der Waals surface area (Å²) in [6, 6.07) is 7.23. The van der Waals surface area contributed by atoms with Crippen LogP contribution in [0.3, 0.4) is 0 Å². The Morgan fingerprint density at radius 2 is 1.77 bits per heavy atom. The summed E-state index contributed by atoms with van der Waals surface area (Å²) in [6.07, 6.45) is 0. The number of carbonyl (C=O) groups is 1. The molecule has 9 nitrogen and oxygen atoms in total. The number of amides is 1. The van der Waals surface area contributed by atoms with Gasteiger partial charge in [0.25, 0.3) is 15.9 Å². The number of nitrogens with zero attached hydrogens (tertiary/aromatic N) is 2. The largest absolute Gasteiger partial charge is 0.495 e. The van der Waals surface area contributed by atoms with Crippen molar-refractivity contribution in [1.82, 2.24) is 10.2 Å². The van der Waals surface area contributed by atoms with Gasteiger partial charge in [-0.3, -0.25) is 14.8 Å². The highest BCUT2D eigenvalue weighted by atomic mass is 35.5. The van der Waals surface area contributed by atoms with Crippen molar-refractivity contribution in [3.05, 3.63) is 51.5 Å². The number of nitrogens with one attached hydrogen (secondary N) is 2. The molecular weight excluding hydrogens is 464 g/mol. The second-order valence-corrected chi connectivity index (χ2v) is 9.59. The molecule has 3 rings (SSSR count). The summed E-state index contributed by atoms with van der Waals surface area (Å²) in [5.74, 6) is 0.0592. The average molecular weight is 483 g/mol. The van der Waals surface area contributed by atoms with E-state index < -0.39 is 15.9 Å². The van der Waals surface area contributed by atoms with Crippen LogP contribution in [-0.2, 0) is 10.0 Å². The molecule has 0 fully saturated rings. The molecule has 1 amide bonds. The first-order valence-electron chi connectivity index (χ1n) is 8.81. The molecule has 1 aromatic heterocycles. The van der Waals surface area contributed by atoms with E-state index in [-0.39, 0.29) is 26.9 Å². The van der Waals surface area contributed by atoms with Gasteiger partial charge >= 0.3 is 0 Å². The number of carbonyl (C=O) groups excluding carboxylic acids is 1. The molecule has 0 saturated carbocycles. The van der Waals surface area contributed by atoms with Crippen LogP contribution < -0.4 is 19.5 Å². The molecule has 0 atom stereocenters. The number of hydrogen-bond acceptors (Lipinski definition) is 8. The van der Waals surface area contributed by atoms with Crippen LogP contribution in [-0.4, -0.2) is 38.7 Å². The fraction of sp³-hybridized carbons (Fsp3) is 0.211. The third-order valence-electron chi connectivity index (χ3n) is 4.20. The van der Waals surface area contributed by atoms with E-state index in [1.54, 1.807) is 19.9 Å². The fourth-order valence-electron chi connectivity index (χ4n) is 2.69. The highest BCUT2D eigenvalue weighted by molar-refractivity contribution is 7.92. The number of halogens is 1. The lowest BCUT2D eigenvalue weighted by atomic mass is 10.1. The molecule has 3 aromatic rings. The summed E-state index contributed by atoms with van der Waals surface area (Å²) in [5.41, 5.74) is 0.736. The van der Waals surface area contributed by atoms with Crippen molar-refractivity contribution >= 4 is 49.7 Å². The van der Waals surface area contributed by atoms with Crippen molar-refractivity contribution in [1.29, 1.82) is 0 Å². The van der Waals surface area contributed by atoms with E-state index >= 15 is 0 Å².